The van der Waals surface area contributed by atoms with Gasteiger partial charge in [0.2, 0.25) is 5.91 Å². The highest BCUT2D eigenvalue weighted by Gasteiger charge is 2.30. The molecule has 2 heterocycles. The number of thiophene rings is 1. The highest BCUT2D eigenvalue weighted by atomic mass is 32.2. The Morgan fingerprint density at radius 1 is 1.26 bits per heavy atom. The summed E-state index contributed by atoms with van der Waals surface area (Å²) in [5, 5.41) is 16.0. The SMILES string of the molecule is CCn1c(SCC(=O)Nc2sc3c(c2C(=O)NCCOC)CCCC3)nnc1C1CC1. The van der Waals surface area contributed by atoms with Gasteiger partial charge in [-0.3, -0.25) is 9.59 Å². The van der Waals surface area contributed by atoms with E-state index in [2.05, 4.69) is 32.3 Å². The van der Waals surface area contributed by atoms with Crippen LogP contribution in [0, 0.1) is 0 Å². The minimum Gasteiger partial charge on any atom is -0.383 e. The van der Waals surface area contributed by atoms with Crippen molar-refractivity contribution in [2.75, 3.05) is 31.3 Å². The Bertz CT molecular complexity index is 951. The number of carbonyl (C=O) groups excluding carboxylic acids is 2. The molecule has 2 amide bonds. The van der Waals surface area contributed by atoms with E-state index in [1.807, 2.05) is 0 Å². The molecule has 0 aliphatic heterocycles. The lowest BCUT2D eigenvalue weighted by atomic mass is 9.95. The van der Waals surface area contributed by atoms with Crippen LogP contribution in [0.1, 0.15) is 65.1 Å². The molecule has 1 saturated carbocycles. The molecule has 2 aliphatic carbocycles. The Morgan fingerprint density at radius 2 is 2.06 bits per heavy atom. The Kier molecular flexibility index (Phi) is 7.29. The fourth-order valence-corrected chi connectivity index (χ4v) is 6.00. The van der Waals surface area contributed by atoms with Gasteiger partial charge in [-0.15, -0.1) is 21.5 Å². The van der Waals surface area contributed by atoms with E-state index in [0.29, 0.717) is 29.6 Å². The van der Waals surface area contributed by atoms with Crippen molar-refractivity contribution in [3.05, 3.63) is 21.8 Å². The lowest BCUT2D eigenvalue weighted by Crippen LogP contribution is -2.29. The summed E-state index contributed by atoms with van der Waals surface area (Å²) < 4.78 is 7.14. The van der Waals surface area contributed by atoms with Crippen LogP contribution in [0.25, 0.3) is 0 Å². The highest BCUT2D eigenvalue weighted by molar-refractivity contribution is 7.99. The lowest BCUT2D eigenvalue weighted by molar-refractivity contribution is -0.113. The largest absolute Gasteiger partial charge is 0.383 e. The van der Waals surface area contributed by atoms with Gasteiger partial charge in [0.15, 0.2) is 5.16 Å². The Morgan fingerprint density at radius 3 is 2.81 bits per heavy atom. The molecule has 0 radical (unpaired) electrons. The fraction of sp³-hybridized carbons (Fsp3) is 0.619. The van der Waals surface area contributed by atoms with Gasteiger partial charge in [0.1, 0.15) is 10.8 Å². The predicted octanol–water partition coefficient (Wildman–Crippen LogP) is 3.22. The number of nitrogens with zero attached hydrogens (tertiary/aromatic N) is 3. The van der Waals surface area contributed by atoms with E-state index < -0.39 is 0 Å². The zero-order valence-electron chi connectivity index (χ0n) is 18.0. The van der Waals surface area contributed by atoms with Crippen molar-refractivity contribution in [1.82, 2.24) is 20.1 Å². The number of hydrogen-bond acceptors (Lipinski definition) is 7. The minimum absolute atomic E-state index is 0.131. The van der Waals surface area contributed by atoms with Crippen molar-refractivity contribution in [3.8, 4) is 0 Å². The number of carbonyl (C=O) groups is 2. The number of thioether (sulfide) groups is 1. The highest BCUT2D eigenvalue weighted by Crippen LogP contribution is 2.40. The maximum absolute atomic E-state index is 12.9. The Balaban J connectivity index is 1.44. The minimum atomic E-state index is -0.140. The smallest absolute Gasteiger partial charge is 0.254 e. The number of amides is 2. The summed E-state index contributed by atoms with van der Waals surface area (Å²) in [7, 11) is 1.61. The molecule has 0 saturated heterocycles. The van der Waals surface area contributed by atoms with E-state index in [4.69, 9.17) is 4.74 Å². The molecule has 168 valence electrons. The summed E-state index contributed by atoms with van der Waals surface area (Å²) in [5.41, 5.74) is 1.72. The number of nitrogens with one attached hydrogen (secondary N) is 2. The lowest BCUT2D eigenvalue weighted by Gasteiger charge is -2.13. The van der Waals surface area contributed by atoms with Crippen molar-refractivity contribution >= 4 is 39.9 Å². The van der Waals surface area contributed by atoms with Gasteiger partial charge in [-0.1, -0.05) is 11.8 Å². The fourth-order valence-electron chi connectivity index (χ4n) is 3.89. The first-order valence-electron chi connectivity index (χ1n) is 10.9. The summed E-state index contributed by atoms with van der Waals surface area (Å²) in [6.45, 7) is 3.77. The molecule has 4 rings (SSSR count). The van der Waals surface area contributed by atoms with Crippen molar-refractivity contribution in [2.45, 2.75) is 63.1 Å². The molecule has 2 aromatic rings. The standard InChI is InChI=1S/C21H29N5O3S2/c1-3-26-18(13-8-9-13)24-25-21(26)30-12-16(27)23-20-17(19(28)22-10-11-29-2)14-6-4-5-7-15(14)31-20/h13H,3-12H2,1-2H3,(H,22,28)(H,23,27). The topological polar surface area (TPSA) is 98.1 Å². The summed E-state index contributed by atoms with van der Waals surface area (Å²) in [5.74, 6) is 1.52. The maximum Gasteiger partial charge on any atom is 0.254 e. The number of anilines is 1. The summed E-state index contributed by atoms with van der Waals surface area (Å²) in [6, 6.07) is 0. The van der Waals surface area contributed by atoms with E-state index in [9.17, 15) is 9.59 Å². The molecule has 8 nitrogen and oxygen atoms in total. The van der Waals surface area contributed by atoms with Crippen LogP contribution in [0.15, 0.2) is 5.16 Å². The quantitative estimate of drug-likeness (QED) is 0.415. The van der Waals surface area contributed by atoms with Crippen LogP contribution in [0.4, 0.5) is 5.00 Å². The van der Waals surface area contributed by atoms with E-state index >= 15 is 0 Å². The van der Waals surface area contributed by atoms with Gasteiger partial charge in [-0.2, -0.15) is 0 Å². The number of fused-ring (bicyclic) bond motifs is 1. The van der Waals surface area contributed by atoms with Crippen molar-refractivity contribution < 1.29 is 14.3 Å². The Hall–Kier alpha value is -1.91. The van der Waals surface area contributed by atoms with Crippen molar-refractivity contribution in [2.24, 2.45) is 0 Å². The number of aromatic nitrogens is 3. The van der Waals surface area contributed by atoms with Crippen LogP contribution in [0.2, 0.25) is 0 Å². The van der Waals surface area contributed by atoms with Crippen LogP contribution in [0.3, 0.4) is 0 Å². The van der Waals surface area contributed by atoms with Gasteiger partial charge in [-0.25, -0.2) is 0 Å². The molecule has 2 aliphatic rings. The van der Waals surface area contributed by atoms with Gasteiger partial charge < -0.3 is 19.9 Å². The van der Waals surface area contributed by atoms with Crippen LogP contribution < -0.4 is 10.6 Å². The normalized spacial score (nSPS) is 15.5. The zero-order chi connectivity index (χ0) is 21.8. The molecule has 31 heavy (non-hydrogen) atoms. The number of ether oxygens (including phenoxy) is 1. The molecule has 0 bridgehead atoms. The number of rotatable bonds is 10. The molecule has 0 spiro atoms. The average Bonchev–Trinajstić information content (AvgIpc) is 3.42. The van der Waals surface area contributed by atoms with Gasteiger partial charge in [-0.05, 0) is 51.0 Å². The van der Waals surface area contributed by atoms with Gasteiger partial charge in [0.05, 0.1) is 17.9 Å². The van der Waals surface area contributed by atoms with E-state index in [0.717, 1.165) is 48.8 Å². The maximum atomic E-state index is 12.9. The number of methoxy groups -OCH3 is 1. The second kappa shape index (κ2) is 10.1. The van der Waals surface area contributed by atoms with Gasteiger partial charge in [0.25, 0.3) is 5.91 Å². The molecule has 2 N–H and O–H groups in total. The van der Waals surface area contributed by atoms with Gasteiger partial charge in [0, 0.05) is 31.0 Å². The predicted molar refractivity (Wildman–Crippen MR) is 122 cm³/mol. The molecule has 0 unspecified atom stereocenters. The third-order valence-electron chi connectivity index (χ3n) is 5.58. The van der Waals surface area contributed by atoms with Crippen LogP contribution in [-0.4, -0.2) is 52.6 Å². The molecule has 0 aromatic carbocycles. The molecule has 0 atom stereocenters. The first-order valence-corrected chi connectivity index (χ1v) is 12.7. The summed E-state index contributed by atoms with van der Waals surface area (Å²) in [6.07, 6.45) is 6.38. The monoisotopic (exact) mass is 463 g/mol. The second-order valence-corrected chi connectivity index (χ2v) is 9.91. The van der Waals surface area contributed by atoms with Gasteiger partial charge >= 0.3 is 0 Å². The first kappa shape index (κ1) is 22.3. The van der Waals surface area contributed by atoms with Crippen molar-refractivity contribution in [1.29, 1.82) is 0 Å². The Labute approximate surface area is 190 Å². The zero-order valence-corrected chi connectivity index (χ0v) is 19.7. The molecular weight excluding hydrogens is 434 g/mol. The summed E-state index contributed by atoms with van der Waals surface area (Å²) >= 11 is 2.93. The number of hydrogen-bond donors (Lipinski definition) is 2. The van der Waals surface area contributed by atoms with Crippen LogP contribution >= 0.6 is 23.1 Å². The molecule has 2 aromatic heterocycles. The van der Waals surface area contributed by atoms with Crippen molar-refractivity contribution in [3.63, 3.8) is 0 Å². The first-order chi connectivity index (χ1) is 15.1. The average molecular weight is 464 g/mol. The molecule has 1 fully saturated rings. The summed E-state index contributed by atoms with van der Waals surface area (Å²) in [4.78, 5) is 26.8. The third-order valence-corrected chi connectivity index (χ3v) is 7.75. The number of aryl methyl sites for hydroxylation is 1. The van der Waals surface area contributed by atoms with E-state index in [-0.39, 0.29) is 17.6 Å². The van der Waals surface area contributed by atoms with Crippen LogP contribution in [-0.2, 0) is 28.9 Å². The van der Waals surface area contributed by atoms with Crippen LogP contribution in [0.5, 0.6) is 0 Å². The molecular formula is C21H29N5O3S2. The molecule has 10 heteroatoms. The second-order valence-electron chi connectivity index (χ2n) is 7.86. The van der Waals surface area contributed by atoms with E-state index in [1.165, 1.54) is 40.8 Å². The third kappa shape index (κ3) is 5.12. The van der Waals surface area contributed by atoms with E-state index in [1.54, 1.807) is 7.11 Å².